The Kier molecular flexibility index (Phi) is 10.4. The van der Waals surface area contributed by atoms with Gasteiger partial charge in [-0.2, -0.15) is 4.98 Å². The van der Waals surface area contributed by atoms with Crippen molar-refractivity contribution in [2.24, 2.45) is 5.92 Å². The van der Waals surface area contributed by atoms with E-state index in [1.165, 1.54) is 0 Å². The molecular formula is C35H41N7O4. The van der Waals surface area contributed by atoms with Crippen molar-refractivity contribution in [3.05, 3.63) is 84.8 Å². The maximum atomic E-state index is 12.6. The molecule has 11 heteroatoms. The number of para-hydroxylation sites is 2. The quantitative estimate of drug-likeness (QED) is 0.193. The van der Waals surface area contributed by atoms with Gasteiger partial charge in [0.15, 0.2) is 17.3 Å². The van der Waals surface area contributed by atoms with Crippen LogP contribution in [0.1, 0.15) is 44.6 Å². The van der Waals surface area contributed by atoms with Gasteiger partial charge in [0.05, 0.1) is 32.0 Å². The molecule has 2 atom stereocenters. The zero-order chi connectivity index (χ0) is 31.6. The molecule has 2 aromatic heterocycles. The van der Waals surface area contributed by atoms with Gasteiger partial charge in [-0.25, -0.2) is 9.97 Å². The third kappa shape index (κ3) is 8.41. The van der Waals surface area contributed by atoms with Crippen LogP contribution in [-0.4, -0.2) is 64.8 Å². The van der Waals surface area contributed by atoms with Crippen molar-refractivity contribution >= 4 is 29.4 Å². The highest BCUT2D eigenvalue weighted by Crippen LogP contribution is 2.30. The Hall–Kier alpha value is -4.93. The van der Waals surface area contributed by atoms with Gasteiger partial charge >= 0.3 is 5.97 Å². The molecule has 2 fully saturated rings. The standard InChI is InChI=1S/C35H41N7O4/c1-2-44-29-14-6-7-15-30(29)46-28-13-9-19-42(24-28)33-22-36-21-31(38-33)39-35-37-17-16-32(40-35)41-18-8-12-27(23-41)20-34(43)45-25-26-10-4-3-5-11-26/h3-7,10-11,14-17,21-22,27-28H,2,8-9,12-13,18-20,23-25H2,1H3,(H,37,38,39,40)/t27-,28+/m0/s1. The maximum Gasteiger partial charge on any atom is 0.306 e. The number of nitrogens with zero attached hydrogens (tertiary/aromatic N) is 6. The highest BCUT2D eigenvalue weighted by molar-refractivity contribution is 5.70. The zero-order valence-electron chi connectivity index (χ0n) is 26.3. The topological polar surface area (TPSA) is 115 Å². The summed E-state index contributed by atoms with van der Waals surface area (Å²) in [5.74, 6) is 4.15. The van der Waals surface area contributed by atoms with Crippen molar-refractivity contribution in [1.29, 1.82) is 0 Å². The Morgan fingerprint density at radius 2 is 1.67 bits per heavy atom. The number of carbonyl (C=O) groups is 1. The number of ether oxygens (including phenoxy) is 3. The van der Waals surface area contributed by atoms with Gasteiger partial charge in [-0.3, -0.25) is 9.78 Å². The van der Waals surface area contributed by atoms with Gasteiger partial charge in [0.2, 0.25) is 5.95 Å². The number of aromatic nitrogens is 4. The molecule has 240 valence electrons. The van der Waals surface area contributed by atoms with Gasteiger partial charge in [0, 0.05) is 25.8 Å². The molecule has 4 aromatic rings. The first-order valence-corrected chi connectivity index (χ1v) is 16.1. The fraction of sp³-hybridized carbons (Fsp3) is 0.400. The number of esters is 1. The monoisotopic (exact) mass is 623 g/mol. The predicted molar refractivity (Wildman–Crippen MR) is 177 cm³/mol. The zero-order valence-corrected chi connectivity index (χ0v) is 26.3. The molecule has 2 aromatic carbocycles. The molecule has 0 amide bonds. The Bertz CT molecular complexity index is 1570. The first-order valence-electron chi connectivity index (χ1n) is 16.1. The van der Waals surface area contributed by atoms with E-state index in [1.54, 1.807) is 18.6 Å². The van der Waals surface area contributed by atoms with Crippen molar-refractivity contribution < 1.29 is 19.0 Å². The van der Waals surface area contributed by atoms with Crippen LogP contribution in [0.4, 0.5) is 23.4 Å². The predicted octanol–water partition coefficient (Wildman–Crippen LogP) is 5.81. The lowest BCUT2D eigenvalue weighted by molar-refractivity contribution is -0.146. The smallest absolute Gasteiger partial charge is 0.306 e. The second-order valence-corrected chi connectivity index (χ2v) is 11.6. The van der Waals surface area contributed by atoms with E-state index >= 15 is 0 Å². The van der Waals surface area contributed by atoms with Gasteiger partial charge in [-0.05, 0) is 62.3 Å². The Morgan fingerprint density at radius 3 is 2.52 bits per heavy atom. The van der Waals surface area contributed by atoms with Crippen molar-refractivity contribution in [2.45, 2.75) is 51.7 Å². The highest BCUT2D eigenvalue weighted by Gasteiger charge is 2.25. The number of piperidine rings is 2. The van der Waals surface area contributed by atoms with E-state index in [1.807, 2.05) is 67.6 Å². The molecule has 2 saturated heterocycles. The van der Waals surface area contributed by atoms with Crippen molar-refractivity contribution in [3.63, 3.8) is 0 Å². The van der Waals surface area contributed by atoms with E-state index in [9.17, 15) is 4.79 Å². The van der Waals surface area contributed by atoms with E-state index < -0.39 is 0 Å². The molecule has 46 heavy (non-hydrogen) atoms. The van der Waals surface area contributed by atoms with E-state index in [0.717, 1.165) is 74.0 Å². The number of carbonyl (C=O) groups excluding carboxylic acids is 1. The number of anilines is 4. The largest absolute Gasteiger partial charge is 0.490 e. The summed E-state index contributed by atoms with van der Waals surface area (Å²) in [7, 11) is 0. The van der Waals surface area contributed by atoms with Crippen LogP contribution in [0.3, 0.4) is 0 Å². The van der Waals surface area contributed by atoms with Crippen molar-refractivity contribution in [3.8, 4) is 11.5 Å². The molecule has 0 radical (unpaired) electrons. The van der Waals surface area contributed by atoms with E-state index in [0.29, 0.717) is 37.9 Å². The average Bonchev–Trinajstić information content (AvgIpc) is 3.09. The average molecular weight is 624 g/mol. The van der Waals surface area contributed by atoms with Gasteiger partial charge in [0.1, 0.15) is 24.3 Å². The minimum absolute atomic E-state index is 0.00729. The second kappa shape index (κ2) is 15.4. The number of hydrogen-bond acceptors (Lipinski definition) is 11. The van der Waals surface area contributed by atoms with Crippen LogP contribution >= 0.6 is 0 Å². The fourth-order valence-corrected chi connectivity index (χ4v) is 5.99. The molecule has 4 heterocycles. The summed E-state index contributed by atoms with van der Waals surface area (Å²) in [6, 6.07) is 19.5. The number of rotatable bonds is 12. The molecular weight excluding hydrogens is 582 g/mol. The molecule has 1 N–H and O–H groups in total. The number of benzene rings is 2. The summed E-state index contributed by atoms with van der Waals surface area (Å²) in [6.07, 6.45) is 9.49. The third-order valence-electron chi connectivity index (χ3n) is 8.19. The lowest BCUT2D eigenvalue weighted by Crippen LogP contribution is -2.41. The Labute approximate surface area is 270 Å². The van der Waals surface area contributed by atoms with Gasteiger partial charge in [-0.15, -0.1) is 0 Å². The van der Waals surface area contributed by atoms with Crippen LogP contribution in [0.15, 0.2) is 79.3 Å². The summed E-state index contributed by atoms with van der Waals surface area (Å²) < 4.78 is 17.7. The summed E-state index contributed by atoms with van der Waals surface area (Å²) in [5, 5.41) is 3.24. The lowest BCUT2D eigenvalue weighted by atomic mass is 9.95. The van der Waals surface area contributed by atoms with Gasteiger partial charge in [0.25, 0.3) is 0 Å². The normalized spacial score (nSPS) is 18.1. The number of hydrogen-bond donors (Lipinski definition) is 1. The second-order valence-electron chi connectivity index (χ2n) is 11.6. The van der Waals surface area contributed by atoms with Crippen molar-refractivity contribution in [1.82, 2.24) is 19.9 Å². The van der Waals surface area contributed by atoms with E-state index in [2.05, 4.69) is 25.1 Å². The SMILES string of the molecule is CCOc1ccccc1O[C@@H]1CCCN(c2cncc(Nc3nccc(N4CCC[C@@H](CC(=O)OCc5ccccc5)C4)n3)n2)C1. The first-order chi connectivity index (χ1) is 22.6. The number of nitrogens with one attached hydrogen (secondary N) is 1. The Balaban J connectivity index is 1.04. The first kappa shape index (κ1) is 31.1. The minimum Gasteiger partial charge on any atom is -0.490 e. The molecule has 0 saturated carbocycles. The fourth-order valence-electron chi connectivity index (χ4n) is 5.99. The molecule has 2 aliphatic rings. The summed E-state index contributed by atoms with van der Waals surface area (Å²) in [4.78, 5) is 35.5. The summed E-state index contributed by atoms with van der Waals surface area (Å²) in [6.45, 7) is 6.03. The van der Waals surface area contributed by atoms with Crippen molar-refractivity contribution in [2.75, 3.05) is 47.9 Å². The van der Waals surface area contributed by atoms with Crippen LogP contribution in [0.2, 0.25) is 0 Å². The Morgan fingerprint density at radius 1 is 0.891 bits per heavy atom. The highest BCUT2D eigenvalue weighted by atomic mass is 16.5. The third-order valence-corrected chi connectivity index (χ3v) is 8.19. The van der Waals surface area contributed by atoms with Crippen LogP contribution in [0.25, 0.3) is 0 Å². The van der Waals surface area contributed by atoms with Crippen LogP contribution in [-0.2, 0) is 16.1 Å². The van der Waals surface area contributed by atoms with E-state index in [-0.39, 0.29) is 18.0 Å². The van der Waals surface area contributed by atoms with Gasteiger partial charge < -0.3 is 29.3 Å². The van der Waals surface area contributed by atoms with Crippen LogP contribution < -0.4 is 24.6 Å². The van der Waals surface area contributed by atoms with E-state index in [4.69, 9.17) is 24.2 Å². The van der Waals surface area contributed by atoms with Gasteiger partial charge in [-0.1, -0.05) is 42.5 Å². The maximum absolute atomic E-state index is 12.6. The molecule has 11 nitrogen and oxygen atoms in total. The molecule has 0 unspecified atom stereocenters. The molecule has 6 rings (SSSR count). The molecule has 0 bridgehead atoms. The molecule has 2 aliphatic heterocycles. The molecule has 0 spiro atoms. The minimum atomic E-state index is -0.166. The summed E-state index contributed by atoms with van der Waals surface area (Å²) in [5.41, 5.74) is 0.992. The summed E-state index contributed by atoms with van der Waals surface area (Å²) >= 11 is 0. The van der Waals surface area contributed by atoms with Crippen LogP contribution in [0, 0.1) is 5.92 Å². The van der Waals surface area contributed by atoms with Crippen LogP contribution in [0.5, 0.6) is 11.5 Å². The molecule has 0 aliphatic carbocycles. The lowest BCUT2D eigenvalue weighted by Gasteiger charge is -2.34.